The van der Waals surface area contributed by atoms with Crippen molar-refractivity contribution in [3.63, 3.8) is 0 Å². The quantitative estimate of drug-likeness (QED) is 0.741. The van der Waals surface area contributed by atoms with Gasteiger partial charge >= 0.3 is 0 Å². The van der Waals surface area contributed by atoms with E-state index in [1.54, 1.807) is 0 Å². The lowest BCUT2D eigenvalue weighted by Crippen LogP contribution is -2.61. The van der Waals surface area contributed by atoms with Crippen LogP contribution in [0.4, 0.5) is 0 Å². The van der Waals surface area contributed by atoms with Gasteiger partial charge in [0.25, 0.3) is 11.8 Å². The molecule has 2 amide bonds. The molecule has 5 heteroatoms. The molecule has 4 aliphatic rings. The van der Waals surface area contributed by atoms with E-state index in [0.29, 0.717) is 43.6 Å². The van der Waals surface area contributed by atoms with Crippen molar-refractivity contribution in [2.45, 2.75) is 50.2 Å². The SMILES string of the molecule is C#Cc1ccc(C(=O)N2CCN(C(=O)C3(C4CC4)CCCO3)CC2C2CC2)cc1. The molecule has 5 rings (SSSR count). The minimum Gasteiger partial charge on any atom is -0.365 e. The molecule has 1 aromatic carbocycles. The number of ether oxygens (including phenoxy) is 1. The fourth-order valence-corrected chi connectivity index (χ4v) is 5.15. The van der Waals surface area contributed by atoms with Crippen LogP contribution >= 0.6 is 0 Å². The van der Waals surface area contributed by atoms with E-state index < -0.39 is 5.60 Å². The fourth-order valence-electron chi connectivity index (χ4n) is 5.15. The van der Waals surface area contributed by atoms with Crippen LogP contribution in [0.15, 0.2) is 24.3 Å². The molecule has 2 atom stereocenters. The van der Waals surface area contributed by atoms with Crippen LogP contribution in [0.1, 0.15) is 54.4 Å². The number of carbonyl (C=O) groups excluding carboxylic acids is 2. The summed E-state index contributed by atoms with van der Waals surface area (Å²) in [6, 6.07) is 7.36. The van der Waals surface area contributed by atoms with E-state index in [-0.39, 0.29) is 17.9 Å². The molecule has 2 aliphatic carbocycles. The fraction of sp³-hybridized carbons (Fsp3) is 0.583. The average Bonchev–Trinajstić information content (AvgIpc) is 3.71. The number of hydrogen-bond donors (Lipinski definition) is 0. The maximum atomic E-state index is 13.5. The summed E-state index contributed by atoms with van der Waals surface area (Å²) in [6.07, 6.45) is 11.7. The van der Waals surface area contributed by atoms with Gasteiger partial charge in [0.2, 0.25) is 0 Å². The molecule has 152 valence electrons. The Bertz CT molecular complexity index is 842. The summed E-state index contributed by atoms with van der Waals surface area (Å²) >= 11 is 0. The zero-order valence-electron chi connectivity index (χ0n) is 16.8. The second kappa shape index (κ2) is 7.18. The second-order valence-electron chi connectivity index (χ2n) is 8.99. The molecule has 2 aliphatic heterocycles. The molecule has 0 N–H and O–H groups in total. The predicted molar refractivity (Wildman–Crippen MR) is 109 cm³/mol. The zero-order chi connectivity index (χ0) is 20.0. The number of carbonyl (C=O) groups is 2. The summed E-state index contributed by atoms with van der Waals surface area (Å²) in [4.78, 5) is 30.7. The van der Waals surface area contributed by atoms with Gasteiger partial charge in [-0.05, 0) is 74.6 Å². The van der Waals surface area contributed by atoms with Crippen molar-refractivity contribution in [1.82, 2.24) is 9.80 Å². The monoisotopic (exact) mass is 392 g/mol. The summed E-state index contributed by atoms with van der Waals surface area (Å²) in [5, 5.41) is 0. The maximum absolute atomic E-state index is 13.5. The van der Waals surface area contributed by atoms with Crippen LogP contribution in [0.5, 0.6) is 0 Å². The molecule has 2 unspecified atom stereocenters. The highest BCUT2D eigenvalue weighted by Crippen LogP contribution is 2.48. The number of piperazine rings is 1. The molecule has 2 heterocycles. The number of benzene rings is 1. The van der Waals surface area contributed by atoms with Gasteiger partial charge in [-0.2, -0.15) is 0 Å². The molecule has 2 saturated carbocycles. The Morgan fingerprint density at radius 3 is 2.45 bits per heavy atom. The van der Waals surface area contributed by atoms with Crippen molar-refractivity contribution in [2.24, 2.45) is 11.8 Å². The Labute approximate surface area is 172 Å². The maximum Gasteiger partial charge on any atom is 0.255 e. The first-order valence-corrected chi connectivity index (χ1v) is 10.9. The summed E-state index contributed by atoms with van der Waals surface area (Å²) in [6.45, 7) is 2.51. The number of terminal acetylenes is 1. The highest BCUT2D eigenvalue weighted by Gasteiger charge is 2.56. The van der Waals surface area contributed by atoms with Gasteiger partial charge in [-0.15, -0.1) is 6.42 Å². The van der Waals surface area contributed by atoms with Crippen molar-refractivity contribution >= 4 is 11.8 Å². The summed E-state index contributed by atoms with van der Waals surface area (Å²) in [5.74, 6) is 3.71. The third kappa shape index (κ3) is 3.34. The highest BCUT2D eigenvalue weighted by atomic mass is 16.5. The topological polar surface area (TPSA) is 49.9 Å². The molecule has 29 heavy (non-hydrogen) atoms. The molecule has 0 bridgehead atoms. The molecule has 5 nitrogen and oxygen atoms in total. The summed E-state index contributed by atoms with van der Waals surface area (Å²) < 4.78 is 6.07. The minimum absolute atomic E-state index is 0.0478. The molecular weight excluding hydrogens is 364 g/mol. The molecule has 0 spiro atoms. The molecule has 0 radical (unpaired) electrons. The van der Waals surface area contributed by atoms with Gasteiger partial charge in [0.05, 0.1) is 6.04 Å². The van der Waals surface area contributed by atoms with E-state index >= 15 is 0 Å². The van der Waals surface area contributed by atoms with Gasteiger partial charge in [-0.3, -0.25) is 9.59 Å². The molecule has 4 fully saturated rings. The van der Waals surface area contributed by atoms with E-state index in [1.807, 2.05) is 34.1 Å². The number of hydrogen-bond acceptors (Lipinski definition) is 3. The zero-order valence-corrected chi connectivity index (χ0v) is 16.8. The van der Waals surface area contributed by atoms with E-state index in [4.69, 9.17) is 11.2 Å². The number of amides is 2. The van der Waals surface area contributed by atoms with Crippen LogP contribution in [0, 0.1) is 24.2 Å². The minimum atomic E-state index is -0.578. The molecule has 2 saturated heterocycles. The van der Waals surface area contributed by atoms with Crippen molar-refractivity contribution in [3.05, 3.63) is 35.4 Å². The third-order valence-electron chi connectivity index (χ3n) is 7.08. The Balaban J connectivity index is 1.33. The normalized spacial score (nSPS) is 29.6. The summed E-state index contributed by atoms with van der Waals surface area (Å²) in [7, 11) is 0. The van der Waals surface area contributed by atoms with E-state index in [0.717, 1.165) is 44.1 Å². The number of nitrogens with zero attached hydrogens (tertiary/aromatic N) is 2. The van der Waals surface area contributed by atoms with Crippen LogP contribution in [0.25, 0.3) is 0 Å². The van der Waals surface area contributed by atoms with E-state index in [2.05, 4.69) is 5.92 Å². The Morgan fingerprint density at radius 1 is 1.10 bits per heavy atom. The Kier molecular flexibility index (Phi) is 4.63. The molecule has 0 aromatic heterocycles. The van der Waals surface area contributed by atoms with Crippen molar-refractivity contribution in [3.8, 4) is 12.3 Å². The lowest BCUT2D eigenvalue weighted by Gasteiger charge is -2.44. The second-order valence-corrected chi connectivity index (χ2v) is 8.99. The first-order chi connectivity index (χ1) is 14.1. The average molecular weight is 392 g/mol. The van der Waals surface area contributed by atoms with Gasteiger partial charge in [-0.1, -0.05) is 5.92 Å². The van der Waals surface area contributed by atoms with Crippen molar-refractivity contribution in [1.29, 1.82) is 0 Å². The van der Waals surface area contributed by atoms with Gasteiger partial charge in [-0.25, -0.2) is 0 Å². The summed E-state index contributed by atoms with van der Waals surface area (Å²) in [5.41, 5.74) is 0.867. The third-order valence-corrected chi connectivity index (χ3v) is 7.08. The first kappa shape index (κ1) is 18.7. The van der Waals surface area contributed by atoms with Crippen molar-refractivity contribution < 1.29 is 14.3 Å². The Hall–Kier alpha value is -2.32. The largest absolute Gasteiger partial charge is 0.365 e. The van der Waals surface area contributed by atoms with Crippen LogP contribution in [0.2, 0.25) is 0 Å². The predicted octanol–water partition coefficient (Wildman–Crippen LogP) is 2.69. The lowest BCUT2D eigenvalue weighted by molar-refractivity contribution is -0.158. The highest BCUT2D eigenvalue weighted by molar-refractivity contribution is 5.95. The van der Waals surface area contributed by atoms with Gasteiger partial charge in [0.15, 0.2) is 0 Å². The van der Waals surface area contributed by atoms with Crippen molar-refractivity contribution in [2.75, 3.05) is 26.2 Å². The van der Waals surface area contributed by atoms with E-state index in [9.17, 15) is 9.59 Å². The van der Waals surface area contributed by atoms with Crippen LogP contribution in [0.3, 0.4) is 0 Å². The molecular formula is C24H28N2O3. The molecule has 1 aromatic rings. The lowest BCUT2D eigenvalue weighted by atomic mass is 9.91. The first-order valence-electron chi connectivity index (χ1n) is 10.9. The van der Waals surface area contributed by atoms with Gasteiger partial charge in [0.1, 0.15) is 5.60 Å². The standard InChI is InChI=1S/C24H28N2O3/c1-2-17-4-6-19(7-5-17)22(27)26-14-13-25(16-21(26)18-8-9-18)23(28)24(20-10-11-20)12-3-15-29-24/h1,4-7,18,20-21H,3,8-16H2. The van der Waals surface area contributed by atoms with Crippen LogP contribution in [-0.4, -0.2) is 59.5 Å². The van der Waals surface area contributed by atoms with E-state index in [1.165, 1.54) is 0 Å². The number of rotatable bonds is 4. The van der Waals surface area contributed by atoms with Crippen LogP contribution in [-0.2, 0) is 9.53 Å². The Morgan fingerprint density at radius 2 is 1.86 bits per heavy atom. The van der Waals surface area contributed by atoms with Gasteiger partial charge in [0, 0.05) is 37.4 Å². The van der Waals surface area contributed by atoms with Gasteiger partial charge < -0.3 is 14.5 Å². The smallest absolute Gasteiger partial charge is 0.255 e. The van der Waals surface area contributed by atoms with Crippen LogP contribution < -0.4 is 0 Å².